The summed E-state index contributed by atoms with van der Waals surface area (Å²) in [6, 6.07) is 30.4. The zero-order chi connectivity index (χ0) is 49.6. The number of nitro groups is 1. The molecule has 70 heavy (non-hydrogen) atoms. The summed E-state index contributed by atoms with van der Waals surface area (Å²) in [7, 11) is 0. The van der Waals surface area contributed by atoms with Crippen molar-refractivity contribution in [2.45, 2.75) is 24.5 Å². The average Bonchev–Trinajstić information content (AvgIpc) is 3.34. The number of non-ortho nitro benzene ring substituents is 1. The lowest BCUT2D eigenvalue weighted by molar-refractivity contribution is -0.384. The van der Waals surface area contributed by atoms with E-state index in [2.05, 4.69) is 10.6 Å². The number of carbonyl (C=O) groups is 4. The second-order valence-corrected chi connectivity index (χ2v) is 16.7. The third-order valence-electron chi connectivity index (χ3n) is 10.7. The van der Waals surface area contributed by atoms with E-state index in [0.29, 0.717) is 32.5 Å². The minimum atomic E-state index is -1.23. The summed E-state index contributed by atoms with van der Waals surface area (Å²) in [5, 5.41) is 47.0. The van der Waals surface area contributed by atoms with Crippen molar-refractivity contribution in [1.29, 1.82) is 0 Å². The smallest absolute Gasteiger partial charge is 0.336 e. The zero-order valence-electron chi connectivity index (χ0n) is 37.3. The van der Waals surface area contributed by atoms with Crippen molar-refractivity contribution >= 4 is 57.4 Å². The van der Waals surface area contributed by atoms with E-state index in [1.165, 1.54) is 72.8 Å². The molecule has 0 aromatic heterocycles. The molecule has 7 rings (SSSR count). The van der Waals surface area contributed by atoms with Gasteiger partial charge < -0.3 is 44.6 Å². The lowest BCUT2D eigenvalue weighted by atomic mass is 9.89. The molecule has 0 fully saturated rings. The summed E-state index contributed by atoms with van der Waals surface area (Å²) in [5.74, 6) is -1.78. The molecule has 17 nitrogen and oxygen atoms in total. The first kappa shape index (κ1) is 49.7. The summed E-state index contributed by atoms with van der Waals surface area (Å²) in [6.07, 6.45) is 3.19. The van der Waals surface area contributed by atoms with Gasteiger partial charge in [-0.15, -0.1) is 0 Å². The van der Waals surface area contributed by atoms with Gasteiger partial charge in [0.15, 0.2) is 5.43 Å². The SMILES string of the molecule is O=C(Cc1ccc(SC(=O)/C=C/c2ccc(O)cc2COCCOCCOCCNC(=O)c2ccc(C(=O)O)c(-c3c4ccc(=O)cc-4oc4cc(O)ccc34)c2)cc1)NCc1ccc([N+](=O)[O-])cc1. The fourth-order valence-corrected chi connectivity index (χ4v) is 7.88. The first-order chi connectivity index (χ1) is 33.8. The number of fused-ring (bicyclic) bond motifs is 2. The van der Waals surface area contributed by atoms with E-state index in [-0.39, 0.29) is 121 Å². The highest BCUT2D eigenvalue weighted by Crippen LogP contribution is 2.42. The highest BCUT2D eigenvalue weighted by molar-refractivity contribution is 8.14. The van der Waals surface area contributed by atoms with Crippen LogP contribution in [0.4, 0.5) is 5.69 Å². The first-order valence-electron chi connectivity index (χ1n) is 21.7. The van der Waals surface area contributed by atoms with E-state index in [9.17, 15) is 49.4 Å². The fourth-order valence-electron chi connectivity index (χ4n) is 7.24. The van der Waals surface area contributed by atoms with Crippen LogP contribution in [0.3, 0.4) is 0 Å². The number of nitrogens with zero attached hydrogens (tertiary/aromatic N) is 1. The minimum Gasteiger partial charge on any atom is -0.508 e. The lowest BCUT2D eigenvalue weighted by Gasteiger charge is -2.17. The third-order valence-corrected chi connectivity index (χ3v) is 11.5. The molecule has 5 aromatic carbocycles. The number of nitro benzene ring substituents is 1. The van der Waals surface area contributed by atoms with E-state index in [4.69, 9.17) is 18.6 Å². The summed E-state index contributed by atoms with van der Waals surface area (Å²) in [5.41, 5.74) is 3.89. The molecule has 18 heteroatoms. The van der Waals surface area contributed by atoms with Crippen molar-refractivity contribution < 1.29 is 58.0 Å². The number of hydrogen-bond donors (Lipinski definition) is 5. The van der Waals surface area contributed by atoms with Gasteiger partial charge in [0.2, 0.25) is 11.0 Å². The van der Waals surface area contributed by atoms with Crippen molar-refractivity contribution in [2.75, 3.05) is 39.6 Å². The van der Waals surface area contributed by atoms with Gasteiger partial charge in [-0.2, -0.15) is 0 Å². The van der Waals surface area contributed by atoms with Crippen LogP contribution in [0.25, 0.3) is 39.5 Å². The molecule has 2 aliphatic rings. The second-order valence-electron chi connectivity index (χ2n) is 15.6. The highest BCUT2D eigenvalue weighted by atomic mass is 32.2. The van der Waals surface area contributed by atoms with Crippen LogP contribution in [0.15, 0.2) is 142 Å². The van der Waals surface area contributed by atoms with Gasteiger partial charge in [0.25, 0.3) is 11.6 Å². The molecular weight excluding hydrogens is 923 g/mol. The fraction of sp³-hybridized carbons (Fsp3) is 0.173. The maximum absolute atomic E-state index is 13.2. The Morgan fingerprint density at radius 1 is 0.729 bits per heavy atom. The molecule has 0 unspecified atom stereocenters. The molecule has 0 atom stereocenters. The van der Waals surface area contributed by atoms with Crippen LogP contribution < -0.4 is 16.1 Å². The van der Waals surface area contributed by atoms with Crippen LogP contribution in [0.5, 0.6) is 11.5 Å². The summed E-state index contributed by atoms with van der Waals surface area (Å²) < 4.78 is 22.9. The van der Waals surface area contributed by atoms with Crippen LogP contribution in [0.1, 0.15) is 43.0 Å². The standard InChI is InChI=1S/C52H45N3O14S/c56-38-10-5-34(7-18-49(60)70-41-13-3-32(4-14-41)25-48(59)54-30-33-1-8-37(9-2-33)55(64)65)36(26-38)31-68-24-23-67-22-21-66-20-19-53-51(61)35-6-15-42(52(62)63)45(27-35)50-43-16-11-39(57)28-46(43)69-47-29-40(58)12-17-44(47)50/h1-18,26-29,56-57H,19-25,30-31H2,(H,53,61)(H,54,59)(H,62,63)/b18-7+. The number of carboxylic acids is 1. The Labute approximate surface area is 403 Å². The number of benzene rings is 6. The summed E-state index contributed by atoms with van der Waals surface area (Å²) in [6.45, 7) is 1.65. The maximum atomic E-state index is 13.2. The lowest BCUT2D eigenvalue weighted by Crippen LogP contribution is -2.27. The van der Waals surface area contributed by atoms with Gasteiger partial charge >= 0.3 is 5.97 Å². The molecule has 358 valence electrons. The number of phenols is 2. The van der Waals surface area contributed by atoms with Crippen molar-refractivity contribution in [1.82, 2.24) is 10.6 Å². The van der Waals surface area contributed by atoms with E-state index in [0.717, 1.165) is 22.9 Å². The van der Waals surface area contributed by atoms with Gasteiger partial charge in [-0.05, 0) is 112 Å². The van der Waals surface area contributed by atoms with Crippen LogP contribution >= 0.6 is 11.8 Å². The molecule has 0 saturated carbocycles. The Hall–Kier alpha value is -8.16. The topological polar surface area (TPSA) is 254 Å². The van der Waals surface area contributed by atoms with Gasteiger partial charge in [0.1, 0.15) is 22.8 Å². The van der Waals surface area contributed by atoms with Gasteiger partial charge in [-0.1, -0.05) is 36.4 Å². The van der Waals surface area contributed by atoms with Crippen molar-refractivity contribution in [2.24, 2.45) is 0 Å². The number of nitrogens with one attached hydrogen (secondary N) is 2. The molecule has 5 N–H and O–H groups in total. The Morgan fingerprint density at radius 2 is 1.43 bits per heavy atom. The number of carbonyl (C=O) groups excluding carboxylic acids is 3. The van der Waals surface area contributed by atoms with Crippen LogP contribution in [0.2, 0.25) is 0 Å². The first-order valence-corrected chi connectivity index (χ1v) is 22.5. The molecule has 2 amide bonds. The van der Waals surface area contributed by atoms with Gasteiger partial charge in [-0.3, -0.25) is 29.3 Å². The number of hydrogen-bond acceptors (Lipinski definition) is 14. The summed E-state index contributed by atoms with van der Waals surface area (Å²) >= 11 is 1.02. The number of ether oxygens (including phenoxy) is 3. The molecule has 1 aliphatic heterocycles. The van der Waals surface area contributed by atoms with Crippen LogP contribution in [0, 0.1) is 10.1 Å². The number of rotatable bonds is 22. The highest BCUT2D eigenvalue weighted by Gasteiger charge is 2.23. The Morgan fingerprint density at radius 3 is 2.17 bits per heavy atom. The molecule has 5 aromatic rings. The van der Waals surface area contributed by atoms with Crippen molar-refractivity contribution in [3.05, 3.63) is 181 Å². The number of phenolic OH excluding ortho intramolecular Hbond substituents is 2. The predicted molar refractivity (Wildman–Crippen MR) is 260 cm³/mol. The van der Waals surface area contributed by atoms with Gasteiger partial charge in [0.05, 0.1) is 56.5 Å². The number of amides is 2. The number of carboxylic acid groups (broad SMARTS) is 1. The Bertz CT molecular complexity index is 3100. The Balaban J connectivity index is 0.803. The number of thioether (sulfide) groups is 1. The van der Waals surface area contributed by atoms with E-state index in [1.807, 2.05) is 0 Å². The maximum Gasteiger partial charge on any atom is 0.336 e. The number of aromatic carboxylic acids is 1. The second kappa shape index (κ2) is 23.7. The van der Waals surface area contributed by atoms with Crippen LogP contribution in [-0.4, -0.2) is 82.7 Å². The average molecular weight is 968 g/mol. The van der Waals surface area contributed by atoms with Gasteiger partial charge in [-0.25, -0.2) is 4.79 Å². The normalized spacial score (nSPS) is 11.3. The monoisotopic (exact) mass is 967 g/mol. The van der Waals surface area contributed by atoms with Crippen LogP contribution in [-0.2, 0) is 43.4 Å². The minimum absolute atomic E-state index is 0.0249. The van der Waals surface area contributed by atoms with Crippen molar-refractivity contribution in [3.63, 3.8) is 0 Å². The number of aromatic hydroxyl groups is 2. The Kier molecular flexibility index (Phi) is 16.9. The molecule has 1 aliphatic carbocycles. The molecule has 0 bridgehead atoms. The van der Waals surface area contributed by atoms with E-state index >= 15 is 0 Å². The van der Waals surface area contributed by atoms with Gasteiger partial charge in [0, 0.05) is 64.3 Å². The largest absolute Gasteiger partial charge is 0.508 e. The molecule has 1 heterocycles. The molecule has 0 radical (unpaired) electrons. The molecule has 0 spiro atoms. The van der Waals surface area contributed by atoms with E-state index in [1.54, 1.807) is 60.7 Å². The molecular formula is C52H45N3O14S. The van der Waals surface area contributed by atoms with E-state index < -0.39 is 16.8 Å². The molecule has 0 saturated heterocycles. The zero-order valence-corrected chi connectivity index (χ0v) is 38.1. The summed E-state index contributed by atoms with van der Waals surface area (Å²) in [4.78, 5) is 74.1. The quantitative estimate of drug-likeness (QED) is 0.0109. The van der Waals surface area contributed by atoms with Crippen molar-refractivity contribution in [3.8, 4) is 33.9 Å². The predicted octanol–water partition coefficient (Wildman–Crippen LogP) is 7.75. The third kappa shape index (κ3) is 13.5.